The Kier molecular flexibility index (Phi) is 6.46. The van der Waals surface area contributed by atoms with Gasteiger partial charge in [-0.1, -0.05) is 50.6 Å². The summed E-state index contributed by atoms with van der Waals surface area (Å²) in [4.78, 5) is 18.0. The van der Waals surface area contributed by atoms with Gasteiger partial charge in [0.15, 0.2) is 0 Å². The van der Waals surface area contributed by atoms with Crippen molar-refractivity contribution in [3.63, 3.8) is 0 Å². The summed E-state index contributed by atoms with van der Waals surface area (Å²) in [5.41, 5.74) is 6.84. The smallest absolute Gasteiger partial charge is 0.271 e. The maximum absolute atomic E-state index is 12.8. The molecule has 0 bridgehead atoms. The predicted octanol–water partition coefficient (Wildman–Crippen LogP) is 4.63. The SMILES string of the molecule is CCc1c(C)[nH]c(=O)c(N(C)CCC(C)C)c1Cc1cccc(C)c1. The average molecular weight is 341 g/mol. The summed E-state index contributed by atoms with van der Waals surface area (Å²) in [5.74, 6) is 0.623. The van der Waals surface area contributed by atoms with Crippen LogP contribution in [0, 0.1) is 19.8 Å². The molecule has 2 aromatic rings. The van der Waals surface area contributed by atoms with Gasteiger partial charge in [-0.2, -0.15) is 0 Å². The van der Waals surface area contributed by atoms with E-state index in [-0.39, 0.29) is 5.56 Å². The Labute approximate surface area is 152 Å². The molecule has 1 aromatic carbocycles. The van der Waals surface area contributed by atoms with Crippen LogP contribution < -0.4 is 10.5 Å². The molecule has 0 saturated carbocycles. The number of aromatic amines is 1. The quantitative estimate of drug-likeness (QED) is 0.798. The number of aromatic nitrogens is 1. The third kappa shape index (κ3) is 4.75. The minimum atomic E-state index is 0.0311. The van der Waals surface area contributed by atoms with Gasteiger partial charge in [0.2, 0.25) is 0 Å². The van der Waals surface area contributed by atoms with E-state index in [0.717, 1.165) is 37.2 Å². The number of pyridine rings is 1. The van der Waals surface area contributed by atoms with Gasteiger partial charge in [-0.3, -0.25) is 4.79 Å². The molecule has 0 amide bonds. The second-order valence-corrected chi connectivity index (χ2v) is 7.51. The number of aryl methyl sites for hydroxylation is 2. The highest BCUT2D eigenvalue weighted by Crippen LogP contribution is 2.25. The summed E-state index contributed by atoms with van der Waals surface area (Å²) >= 11 is 0. The van der Waals surface area contributed by atoms with Crippen LogP contribution in [0.25, 0.3) is 0 Å². The number of nitrogens with zero attached hydrogens (tertiary/aromatic N) is 1. The minimum Gasteiger partial charge on any atom is -0.370 e. The molecule has 25 heavy (non-hydrogen) atoms. The number of nitrogens with one attached hydrogen (secondary N) is 1. The van der Waals surface area contributed by atoms with Gasteiger partial charge < -0.3 is 9.88 Å². The molecule has 0 radical (unpaired) electrons. The van der Waals surface area contributed by atoms with Crippen LogP contribution in [0.15, 0.2) is 29.1 Å². The highest BCUT2D eigenvalue weighted by atomic mass is 16.1. The van der Waals surface area contributed by atoms with Crippen LogP contribution in [0.2, 0.25) is 0 Å². The highest BCUT2D eigenvalue weighted by Gasteiger charge is 2.18. The summed E-state index contributed by atoms with van der Waals surface area (Å²) in [5, 5.41) is 0. The van der Waals surface area contributed by atoms with E-state index >= 15 is 0 Å². The number of anilines is 1. The molecule has 1 N–H and O–H groups in total. The van der Waals surface area contributed by atoms with Crippen molar-refractivity contribution in [2.75, 3.05) is 18.5 Å². The van der Waals surface area contributed by atoms with E-state index in [0.29, 0.717) is 5.92 Å². The van der Waals surface area contributed by atoms with E-state index in [9.17, 15) is 4.79 Å². The molecular formula is C22H32N2O. The first-order chi connectivity index (χ1) is 11.8. The van der Waals surface area contributed by atoms with Crippen LogP contribution >= 0.6 is 0 Å². The molecule has 0 aliphatic carbocycles. The van der Waals surface area contributed by atoms with Crippen LogP contribution in [0.5, 0.6) is 0 Å². The lowest BCUT2D eigenvalue weighted by molar-refractivity contribution is 0.584. The molecule has 136 valence electrons. The van der Waals surface area contributed by atoms with Crippen molar-refractivity contribution in [2.45, 2.75) is 53.9 Å². The number of rotatable bonds is 7. The zero-order valence-electron chi connectivity index (χ0n) is 16.6. The van der Waals surface area contributed by atoms with Gasteiger partial charge in [0, 0.05) is 25.7 Å². The van der Waals surface area contributed by atoms with Crippen molar-refractivity contribution in [2.24, 2.45) is 5.92 Å². The molecule has 3 heteroatoms. The molecule has 0 spiro atoms. The Morgan fingerprint density at radius 2 is 1.88 bits per heavy atom. The summed E-state index contributed by atoms with van der Waals surface area (Å²) in [6.07, 6.45) is 2.81. The van der Waals surface area contributed by atoms with Crippen LogP contribution in [0.1, 0.15) is 55.1 Å². The lowest BCUT2D eigenvalue weighted by atomic mass is 9.95. The van der Waals surface area contributed by atoms with Gasteiger partial charge in [-0.15, -0.1) is 0 Å². The number of benzene rings is 1. The Morgan fingerprint density at radius 1 is 1.16 bits per heavy atom. The first-order valence-corrected chi connectivity index (χ1v) is 9.34. The maximum atomic E-state index is 12.8. The minimum absolute atomic E-state index is 0.0311. The molecule has 1 heterocycles. The molecule has 0 aliphatic heterocycles. The lowest BCUT2D eigenvalue weighted by Crippen LogP contribution is -2.30. The molecule has 0 unspecified atom stereocenters. The van der Waals surface area contributed by atoms with Gasteiger partial charge in [-0.05, 0) is 49.3 Å². The molecule has 0 saturated heterocycles. The lowest BCUT2D eigenvalue weighted by Gasteiger charge is -2.25. The number of H-pyrrole nitrogens is 1. The third-order valence-electron chi connectivity index (χ3n) is 4.86. The average Bonchev–Trinajstić information content (AvgIpc) is 2.53. The number of hydrogen-bond acceptors (Lipinski definition) is 2. The topological polar surface area (TPSA) is 36.1 Å². The van der Waals surface area contributed by atoms with E-state index < -0.39 is 0 Å². The number of hydrogen-bond donors (Lipinski definition) is 1. The molecule has 0 aliphatic rings. The van der Waals surface area contributed by atoms with E-state index in [1.54, 1.807) is 0 Å². The van der Waals surface area contributed by atoms with Crippen molar-refractivity contribution in [1.29, 1.82) is 0 Å². The zero-order valence-corrected chi connectivity index (χ0v) is 16.6. The van der Waals surface area contributed by atoms with E-state index in [1.165, 1.54) is 22.3 Å². The molecular weight excluding hydrogens is 308 g/mol. The molecule has 2 rings (SSSR count). The molecule has 0 fully saturated rings. The summed E-state index contributed by atoms with van der Waals surface area (Å²) < 4.78 is 0. The van der Waals surface area contributed by atoms with Gasteiger partial charge in [0.05, 0.1) is 0 Å². The highest BCUT2D eigenvalue weighted by molar-refractivity contribution is 5.57. The Morgan fingerprint density at radius 3 is 2.48 bits per heavy atom. The largest absolute Gasteiger partial charge is 0.370 e. The predicted molar refractivity (Wildman–Crippen MR) is 108 cm³/mol. The Balaban J connectivity index is 2.51. The standard InChI is InChI=1S/C22H32N2O/c1-7-19-17(5)23-22(25)21(24(6)12-11-15(2)3)20(19)14-18-10-8-9-16(4)13-18/h8-10,13,15H,7,11-12,14H2,1-6H3,(H,23,25). The maximum Gasteiger partial charge on any atom is 0.271 e. The van der Waals surface area contributed by atoms with Gasteiger partial charge in [0.25, 0.3) is 5.56 Å². The van der Waals surface area contributed by atoms with Crippen molar-refractivity contribution < 1.29 is 0 Å². The summed E-state index contributed by atoms with van der Waals surface area (Å²) in [6, 6.07) is 8.58. The van der Waals surface area contributed by atoms with Gasteiger partial charge in [0.1, 0.15) is 5.69 Å². The van der Waals surface area contributed by atoms with E-state index in [4.69, 9.17) is 0 Å². The summed E-state index contributed by atoms with van der Waals surface area (Å²) in [6.45, 7) is 11.6. The third-order valence-corrected chi connectivity index (χ3v) is 4.86. The first-order valence-electron chi connectivity index (χ1n) is 9.34. The molecule has 3 nitrogen and oxygen atoms in total. The molecule has 1 aromatic heterocycles. The van der Waals surface area contributed by atoms with Crippen molar-refractivity contribution in [3.05, 3.63) is 62.6 Å². The Hall–Kier alpha value is -2.03. The zero-order chi connectivity index (χ0) is 18.6. The normalized spacial score (nSPS) is 11.2. The first kappa shape index (κ1) is 19.3. The Bertz CT molecular complexity index is 774. The monoisotopic (exact) mass is 340 g/mol. The van der Waals surface area contributed by atoms with Crippen LogP contribution in [0.3, 0.4) is 0 Å². The van der Waals surface area contributed by atoms with Crippen LogP contribution in [0.4, 0.5) is 5.69 Å². The van der Waals surface area contributed by atoms with Crippen LogP contribution in [-0.4, -0.2) is 18.6 Å². The van der Waals surface area contributed by atoms with Gasteiger partial charge in [-0.25, -0.2) is 0 Å². The second kappa shape index (κ2) is 8.37. The van der Waals surface area contributed by atoms with Crippen LogP contribution in [-0.2, 0) is 12.8 Å². The summed E-state index contributed by atoms with van der Waals surface area (Å²) in [7, 11) is 2.04. The van der Waals surface area contributed by atoms with Crippen molar-refractivity contribution in [1.82, 2.24) is 4.98 Å². The molecule has 0 atom stereocenters. The van der Waals surface area contributed by atoms with Crippen molar-refractivity contribution >= 4 is 5.69 Å². The van der Waals surface area contributed by atoms with Gasteiger partial charge >= 0.3 is 0 Å². The fourth-order valence-corrected chi connectivity index (χ4v) is 3.47. The second-order valence-electron chi connectivity index (χ2n) is 7.51. The van der Waals surface area contributed by atoms with Crippen molar-refractivity contribution in [3.8, 4) is 0 Å². The van der Waals surface area contributed by atoms with E-state index in [1.807, 2.05) is 14.0 Å². The fraction of sp³-hybridized carbons (Fsp3) is 0.500. The van der Waals surface area contributed by atoms with E-state index in [2.05, 4.69) is 61.8 Å². The fourth-order valence-electron chi connectivity index (χ4n) is 3.47.